The quantitative estimate of drug-likeness (QED) is 0.628. The monoisotopic (exact) mass is 429 g/mol. The van der Waals surface area contributed by atoms with Crippen molar-refractivity contribution in [3.8, 4) is 5.75 Å². The fourth-order valence-electron chi connectivity index (χ4n) is 5.48. The van der Waals surface area contributed by atoms with E-state index >= 15 is 0 Å². The fourth-order valence-corrected chi connectivity index (χ4v) is 5.48. The summed E-state index contributed by atoms with van der Waals surface area (Å²) in [6, 6.07) is 14.9. The highest BCUT2D eigenvalue weighted by atomic mass is 16.5. The first-order valence-electron chi connectivity index (χ1n) is 11.6. The summed E-state index contributed by atoms with van der Waals surface area (Å²) in [7, 11) is 1.72. The SMILES string of the molecule is CCN(CC)C(=O)[C@@H]1C=C2c3cccc4[nH]cc(c34)C[C@H]2N(Cc2ccccc2OC)C1. The van der Waals surface area contributed by atoms with Crippen LogP contribution in [0.1, 0.15) is 30.5 Å². The lowest BCUT2D eigenvalue weighted by Gasteiger charge is -2.42. The van der Waals surface area contributed by atoms with Gasteiger partial charge in [-0.05, 0) is 49.1 Å². The van der Waals surface area contributed by atoms with Crippen LogP contribution in [0.15, 0.2) is 54.7 Å². The molecular weight excluding hydrogens is 398 g/mol. The van der Waals surface area contributed by atoms with Gasteiger partial charge in [0.15, 0.2) is 0 Å². The van der Waals surface area contributed by atoms with E-state index in [0.29, 0.717) is 0 Å². The molecule has 0 spiro atoms. The first-order valence-corrected chi connectivity index (χ1v) is 11.6. The third-order valence-electron chi connectivity index (χ3n) is 7.08. The van der Waals surface area contributed by atoms with Crippen LogP contribution in [0.5, 0.6) is 5.75 Å². The lowest BCUT2D eigenvalue weighted by Crippen LogP contribution is -2.49. The summed E-state index contributed by atoms with van der Waals surface area (Å²) in [5.74, 6) is 0.972. The number of benzene rings is 2. The topological polar surface area (TPSA) is 48.6 Å². The Morgan fingerprint density at radius 2 is 1.97 bits per heavy atom. The Kier molecular flexibility index (Phi) is 5.51. The van der Waals surface area contributed by atoms with Crippen LogP contribution in [0.25, 0.3) is 16.5 Å². The Morgan fingerprint density at radius 3 is 2.75 bits per heavy atom. The maximum Gasteiger partial charge on any atom is 0.230 e. The molecule has 2 aliphatic rings. The minimum atomic E-state index is -0.147. The predicted molar refractivity (Wildman–Crippen MR) is 129 cm³/mol. The summed E-state index contributed by atoms with van der Waals surface area (Å²) in [6.45, 7) is 7.06. The number of nitrogens with one attached hydrogen (secondary N) is 1. The number of rotatable bonds is 6. The molecule has 1 aromatic heterocycles. The average molecular weight is 430 g/mol. The van der Waals surface area contributed by atoms with Crippen LogP contribution < -0.4 is 4.74 Å². The lowest BCUT2D eigenvalue weighted by atomic mass is 9.79. The number of carbonyl (C=O) groups is 1. The van der Waals surface area contributed by atoms with Gasteiger partial charge in [-0.2, -0.15) is 0 Å². The zero-order chi connectivity index (χ0) is 22.2. The number of nitrogens with zero attached hydrogens (tertiary/aromatic N) is 2. The van der Waals surface area contributed by atoms with Gasteiger partial charge in [0.05, 0.1) is 13.0 Å². The highest BCUT2D eigenvalue weighted by molar-refractivity contribution is 5.99. The second-order valence-electron chi connectivity index (χ2n) is 8.74. The highest BCUT2D eigenvalue weighted by Crippen LogP contribution is 2.42. The van der Waals surface area contributed by atoms with Crippen LogP contribution in [0.4, 0.5) is 0 Å². The summed E-state index contributed by atoms with van der Waals surface area (Å²) < 4.78 is 5.64. The molecule has 0 saturated carbocycles. The maximum absolute atomic E-state index is 13.4. The number of hydrogen-bond acceptors (Lipinski definition) is 3. The predicted octanol–water partition coefficient (Wildman–Crippen LogP) is 4.49. The zero-order valence-corrected chi connectivity index (χ0v) is 19.1. The molecule has 5 nitrogen and oxygen atoms in total. The molecule has 5 rings (SSSR count). The molecule has 2 aromatic carbocycles. The van der Waals surface area contributed by atoms with Gasteiger partial charge < -0.3 is 14.6 Å². The van der Waals surface area contributed by atoms with E-state index in [9.17, 15) is 4.79 Å². The number of aromatic amines is 1. The molecule has 1 N–H and O–H groups in total. The highest BCUT2D eigenvalue weighted by Gasteiger charge is 2.38. The molecule has 1 aliphatic heterocycles. The second kappa shape index (κ2) is 8.47. The van der Waals surface area contributed by atoms with Gasteiger partial charge in [-0.25, -0.2) is 0 Å². The van der Waals surface area contributed by atoms with Gasteiger partial charge in [0.2, 0.25) is 5.91 Å². The molecule has 0 bridgehead atoms. The van der Waals surface area contributed by atoms with E-state index in [1.54, 1.807) is 7.11 Å². The molecule has 0 radical (unpaired) electrons. The molecule has 0 fully saturated rings. The van der Waals surface area contributed by atoms with Crippen molar-refractivity contribution in [1.29, 1.82) is 0 Å². The first-order chi connectivity index (χ1) is 15.6. The maximum atomic E-state index is 13.4. The van der Waals surface area contributed by atoms with Crippen molar-refractivity contribution in [2.75, 3.05) is 26.7 Å². The molecular formula is C27H31N3O2. The molecule has 5 heteroatoms. The van der Waals surface area contributed by atoms with Crippen molar-refractivity contribution in [1.82, 2.24) is 14.8 Å². The molecule has 0 unspecified atom stereocenters. The van der Waals surface area contributed by atoms with E-state index in [0.717, 1.165) is 43.9 Å². The number of amides is 1. The number of hydrogen-bond donors (Lipinski definition) is 1. The lowest BCUT2D eigenvalue weighted by molar-refractivity contribution is -0.134. The van der Waals surface area contributed by atoms with Gasteiger partial charge in [0.25, 0.3) is 0 Å². The molecule has 1 amide bonds. The summed E-state index contributed by atoms with van der Waals surface area (Å²) in [5, 5.41) is 1.31. The van der Waals surface area contributed by atoms with Crippen molar-refractivity contribution in [2.24, 2.45) is 5.92 Å². The zero-order valence-electron chi connectivity index (χ0n) is 19.1. The van der Waals surface area contributed by atoms with Crippen molar-refractivity contribution in [2.45, 2.75) is 32.9 Å². The second-order valence-corrected chi connectivity index (χ2v) is 8.74. The van der Waals surface area contributed by atoms with E-state index in [1.807, 2.05) is 17.0 Å². The van der Waals surface area contributed by atoms with Gasteiger partial charge in [-0.15, -0.1) is 0 Å². The fraction of sp³-hybridized carbons (Fsp3) is 0.370. The summed E-state index contributed by atoms with van der Waals surface area (Å²) in [6.07, 6.45) is 5.36. The molecule has 3 aromatic rings. The number of methoxy groups -OCH3 is 1. The minimum Gasteiger partial charge on any atom is -0.496 e. The van der Waals surface area contributed by atoms with E-state index in [4.69, 9.17) is 4.74 Å². The summed E-state index contributed by atoms with van der Waals surface area (Å²) >= 11 is 0. The van der Waals surface area contributed by atoms with Crippen molar-refractivity contribution >= 4 is 22.4 Å². The van der Waals surface area contributed by atoms with Crippen LogP contribution in [0, 0.1) is 5.92 Å². The number of para-hydroxylation sites is 1. The Morgan fingerprint density at radius 1 is 1.16 bits per heavy atom. The third kappa shape index (κ3) is 3.41. The van der Waals surface area contributed by atoms with Gasteiger partial charge in [0, 0.05) is 54.9 Å². The number of carbonyl (C=O) groups excluding carboxylic acids is 1. The van der Waals surface area contributed by atoms with Crippen LogP contribution in [0.2, 0.25) is 0 Å². The largest absolute Gasteiger partial charge is 0.496 e. The number of H-pyrrole nitrogens is 1. The van der Waals surface area contributed by atoms with Crippen LogP contribution in [-0.2, 0) is 17.8 Å². The van der Waals surface area contributed by atoms with Crippen molar-refractivity contribution in [3.63, 3.8) is 0 Å². The van der Waals surface area contributed by atoms with Gasteiger partial charge in [-0.3, -0.25) is 9.69 Å². The van der Waals surface area contributed by atoms with Gasteiger partial charge in [0.1, 0.15) is 5.75 Å². The summed E-state index contributed by atoms with van der Waals surface area (Å²) in [4.78, 5) is 21.3. The van der Waals surface area contributed by atoms with Gasteiger partial charge in [-0.1, -0.05) is 36.4 Å². The van der Waals surface area contributed by atoms with Crippen LogP contribution >= 0.6 is 0 Å². The smallest absolute Gasteiger partial charge is 0.230 e. The van der Waals surface area contributed by atoms with E-state index in [1.165, 1.54) is 27.6 Å². The number of ether oxygens (including phenoxy) is 1. The Balaban J connectivity index is 1.59. The van der Waals surface area contributed by atoms with Crippen LogP contribution in [0.3, 0.4) is 0 Å². The Hall–Kier alpha value is -3.05. The molecule has 32 heavy (non-hydrogen) atoms. The summed E-state index contributed by atoms with van der Waals surface area (Å²) in [5.41, 5.74) is 6.23. The van der Waals surface area contributed by atoms with E-state index in [2.05, 4.69) is 66.3 Å². The standard InChI is InChI=1S/C27H31N3O2/c1-4-29(5-2)27(31)20-13-22-21-10-8-11-23-26(21)19(15-28-23)14-24(22)30(17-20)16-18-9-6-7-12-25(18)32-3/h6-13,15,20,24,28H,4-5,14,16-17H2,1-3H3/t20-,24-/m1/s1. The number of fused-ring (bicyclic) bond motifs is 2. The molecule has 166 valence electrons. The molecule has 2 atom stereocenters. The van der Waals surface area contributed by atoms with Gasteiger partial charge >= 0.3 is 0 Å². The third-order valence-corrected chi connectivity index (χ3v) is 7.08. The Bertz CT molecular complexity index is 1170. The molecule has 0 saturated heterocycles. The normalized spacial score (nSPS) is 20.0. The minimum absolute atomic E-state index is 0.147. The Labute approximate surface area is 189 Å². The van der Waals surface area contributed by atoms with Crippen molar-refractivity contribution < 1.29 is 9.53 Å². The van der Waals surface area contributed by atoms with Crippen LogP contribution in [-0.4, -0.2) is 53.5 Å². The first kappa shape index (κ1) is 20.8. The van der Waals surface area contributed by atoms with E-state index in [-0.39, 0.29) is 17.9 Å². The van der Waals surface area contributed by atoms with E-state index < -0.39 is 0 Å². The molecule has 1 aliphatic carbocycles. The molecule has 2 heterocycles. The van der Waals surface area contributed by atoms with Crippen molar-refractivity contribution in [3.05, 3.63) is 71.4 Å². The average Bonchev–Trinajstić information content (AvgIpc) is 3.24. The number of aromatic nitrogens is 1.